The molecule has 0 radical (unpaired) electrons. The number of primary amides is 1. The summed E-state index contributed by atoms with van der Waals surface area (Å²) < 4.78 is 0. The Labute approximate surface area is 92.9 Å². The molecule has 2 rings (SSSR count). The Morgan fingerprint density at radius 2 is 2.12 bits per heavy atom. The van der Waals surface area contributed by atoms with Gasteiger partial charge in [-0.15, -0.1) is 0 Å². The van der Waals surface area contributed by atoms with Gasteiger partial charge in [0.15, 0.2) is 0 Å². The minimum absolute atomic E-state index is 0.000530. The third kappa shape index (κ3) is 2.27. The second kappa shape index (κ2) is 4.44. The van der Waals surface area contributed by atoms with Crippen LogP contribution in [0.15, 0.2) is 12.4 Å². The maximum atomic E-state index is 10.8. The smallest absolute Gasteiger partial charge is 0.251 e. The normalized spacial score (nSPS) is 24.3. The Morgan fingerprint density at radius 3 is 2.62 bits per heavy atom. The van der Waals surface area contributed by atoms with Crippen molar-refractivity contribution in [1.29, 1.82) is 0 Å². The number of aliphatic hydroxyl groups is 1. The van der Waals surface area contributed by atoms with Gasteiger partial charge in [-0.1, -0.05) is 0 Å². The predicted molar refractivity (Wildman–Crippen MR) is 57.8 cm³/mol. The van der Waals surface area contributed by atoms with E-state index in [4.69, 9.17) is 5.73 Å². The number of aliphatic hydroxyl groups excluding tert-OH is 1. The van der Waals surface area contributed by atoms with Gasteiger partial charge in [-0.25, -0.2) is 9.97 Å². The van der Waals surface area contributed by atoms with Crippen LogP contribution in [0.25, 0.3) is 0 Å². The van der Waals surface area contributed by atoms with Gasteiger partial charge in [-0.2, -0.15) is 0 Å². The van der Waals surface area contributed by atoms with Crippen molar-refractivity contribution in [2.24, 2.45) is 5.73 Å². The summed E-state index contributed by atoms with van der Waals surface area (Å²) in [6.07, 6.45) is 5.11. The van der Waals surface area contributed by atoms with Gasteiger partial charge in [0.1, 0.15) is 0 Å². The molecule has 2 atom stereocenters. The molecule has 0 spiro atoms. The highest BCUT2D eigenvalue weighted by Crippen LogP contribution is 2.21. The van der Waals surface area contributed by atoms with Gasteiger partial charge < -0.3 is 16.2 Å². The second-order valence-electron chi connectivity index (χ2n) is 3.91. The van der Waals surface area contributed by atoms with Crippen LogP contribution in [0.1, 0.15) is 29.6 Å². The van der Waals surface area contributed by atoms with Crippen molar-refractivity contribution in [2.45, 2.75) is 31.4 Å². The largest absolute Gasteiger partial charge is 0.391 e. The molecule has 1 aliphatic carbocycles. The summed E-state index contributed by atoms with van der Waals surface area (Å²) in [5.41, 5.74) is 5.35. The summed E-state index contributed by atoms with van der Waals surface area (Å²) in [6.45, 7) is 0. The Hall–Kier alpha value is -1.69. The highest BCUT2D eigenvalue weighted by Gasteiger charge is 2.25. The van der Waals surface area contributed by atoms with Gasteiger partial charge in [0, 0.05) is 12.4 Å². The third-order valence-corrected chi connectivity index (χ3v) is 2.73. The van der Waals surface area contributed by atoms with Crippen molar-refractivity contribution in [3.8, 4) is 0 Å². The Morgan fingerprint density at radius 1 is 1.44 bits per heavy atom. The van der Waals surface area contributed by atoms with Gasteiger partial charge in [-0.3, -0.25) is 4.79 Å². The number of hydrogen-bond acceptors (Lipinski definition) is 5. The fraction of sp³-hybridized carbons (Fsp3) is 0.500. The first-order valence-corrected chi connectivity index (χ1v) is 5.23. The molecule has 1 aliphatic rings. The highest BCUT2D eigenvalue weighted by molar-refractivity contribution is 5.92. The molecule has 0 aliphatic heterocycles. The number of aromatic nitrogens is 2. The fourth-order valence-corrected chi connectivity index (χ4v) is 1.80. The molecule has 16 heavy (non-hydrogen) atoms. The van der Waals surface area contributed by atoms with E-state index in [-0.39, 0.29) is 17.7 Å². The van der Waals surface area contributed by atoms with Crippen molar-refractivity contribution in [3.05, 3.63) is 18.0 Å². The fourth-order valence-electron chi connectivity index (χ4n) is 1.80. The van der Waals surface area contributed by atoms with E-state index in [0.717, 1.165) is 19.3 Å². The van der Waals surface area contributed by atoms with Gasteiger partial charge in [0.25, 0.3) is 5.91 Å². The second-order valence-corrected chi connectivity index (χ2v) is 3.91. The van der Waals surface area contributed by atoms with E-state index >= 15 is 0 Å². The monoisotopic (exact) mass is 222 g/mol. The van der Waals surface area contributed by atoms with Crippen molar-refractivity contribution >= 4 is 11.9 Å². The van der Waals surface area contributed by atoms with Crippen LogP contribution in [0.3, 0.4) is 0 Å². The number of amides is 1. The van der Waals surface area contributed by atoms with Gasteiger partial charge in [0.2, 0.25) is 5.95 Å². The van der Waals surface area contributed by atoms with Crippen LogP contribution in [0.4, 0.5) is 5.95 Å². The molecule has 1 aromatic heterocycles. The average molecular weight is 222 g/mol. The quantitative estimate of drug-likeness (QED) is 0.663. The molecule has 0 bridgehead atoms. The lowest BCUT2D eigenvalue weighted by atomic mass is 10.2. The molecule has 86 valence electrons. The number of nitrogens with two attached hydrogens (primary N) is 1. The number of carbonyl (C=O) groups excluding carboxylic acids is 1. The van der Waals surface area contributed by atoms with Crippen LogP contribution in [0.2, 0.25) is 0 Å². The summed E-state index contributed by atoms with van der Waals surface area (Å²) in [6, 6.07) is -0.000530. The van der Waals surface area contributed by atoms with Crippen LogP contribution < -0.4 is 11.1 Å². The van der Waals surface area contributed by atoms with Crippen LogP contribution in [-0.2, 0) is 0 Å². The molecule has 6 nitrogen and oxygen atoms in total. The molecular formula is C10H14N4O2. The first-order chi connectivity index (χ1) is 7.66. The summed E-state index contributed by atoms with van der Waals surface area (Å²) in [5.74, 6) is -0.136. The van der Waals surface area contributed by atoms with Gasteiger partial charge >= 0.3 is 0 Å². The third-order valence-electron chi connectivity index (χ3n) is 2.73. The number of carbonyl (C=O) groups is 1. The first-order valence-electron chi connectivity index (χ1n) is 5.23. The predicted octanol–water partition coefficient (Wildman–Crippen LogP) is -0.0992. The number of anilines is 1. The maximum absolute atomic E-state index is 10.8. The zero-order valence-corrected chi connectivity index (χ0v) is 8.76. The molecule has 1 saturated carbocycles. The van der Waals surface area contributed by atoms with Crippen LogP contribution in [0.5, 0.6) is 0 Å². The Kier molecular flexibility index (Phi) is 3.00. The molecule has 1 heterocycles. The molecule has 0 saturated heterocycles. The maximum Gasteiger partial charge on any atom is 0.251 e. The molecule has 1 amide bonds. The van der Waals surface area contributed by atoms with Crippen molar-refractivity contribution in [1.82, 2.24) is 9.97 Å². The lowest BCUT2D eigenvalue weighted by Crippen LogP contribution is -2.28. The average Bonchev–Trinajstić information content (AvgIpc) is 2.65. The molecule has 0 unspecified atom stereocenters. The molecular weight excluding hydrogens is 208 g/mol. The lowest BCUT2D eigenvalue weighted by molar-refractivity contribution is 0.0999. The number of hydrogen-bond donors (Lipinski definition) is 3. The summed E-state index contributed by atoms with van der Waals surface area (Å²) in [4.78, 5) is 18.7. The van der Waals surface area contributed by atoms with E-state index in [9.17, 15) is 9.90 Å². The molecule has 1 aromatic rings. The summed E-state index contributed by atoms with van der Waals surface area (Å²) in [7, 11) is 0. The van der Waals surface area contributed by atoms with E-state index in [1.807, 2.05) is 0 Å². The van der Waals surface area contributed by atoms with Crippen molar-refractivity contribution in [3.63, 3.8) is 0 Å². The molecule has 6 heteroatoms. The van der Waals surface area contributed by atoms with E-state index in [2.05, 4.69) is 15.3 Å². The number of nitrogens with one attached hydrogen (secondary N) is 1. The van der Waals surface area contributed by atoms with E-state index in [0.29, 0.717) is 5.95 Å². The van der Waals surface area contributed by atoms with Crippen LogP contribution in [-0.4, -0.2) is 33.1 Å². The van der Waals surface area contributed by atoms with Crippen LogP contribution >= 0.6 is 0 Å². The molecule has 0 aromatic carbocycles. The number of rotatable bonds is 3. The first kappa shape index (κ1) is 10.8. The van der Waals surface area contributed by atoms with Gasteiger partial charge in [0.05, 0.1) is 17.7 Å². The Balaban J connectivity index is 2.02. The standard InChI is InChI=1S/C10H14N4O2/c11-9(16)6-4-12-10(13-5-6)14-7-2-1-3-8(7)15/h4-5,7-8,15H,1-3H2,(H2,11,16)(H,12,13,14)/t7-,8+/m1/s1. The minimum Gasteiger partial charge on any atom is -0.391 e. The lowest BCUT2D eigenvalue weighted by Gasteiger charge is -2.15. The van der Waals surface area contributed by atoms with E-state index < -0.39 is 5.91 Å². The summed E-state index contributed by atoms with van der Waals surface area (Å²) in [5, 5.41) is 12.6. The van der Waals surface area contributed by atoms with E-state index in [1.54, 1.807) is 0 Å². The van der Waals surface area contributed by atoms with Crippen molar-refractivity contribution < 1.29 is 9.90 Å². The minimum atomic E-state index is -0.549. The molecule has 1 fully saturated rings. The van der Waals surface area contributed by atoms with Crippen molar-refractivity contribution in [2.75, 3.05) is 5.32 Å². The zero-order chi connectivity index (χ0) is 11.5. The molecule has 4 N–H and O–H groups in total. The summed E-state index contributed by atoms with van der Waals surface area (Å²) >= 11 is 0. The SMILES string of the molecule is NC(=O)c1cnc(N[C@@H]2CCC[C@@H]2O)nc1. The van der Waals surface area contributed by atoms with E-state index in [1.165, 1.54) is 12.4 Å². The highest BCUT2D eigenvalue weighted by atomic mass is 16.3. The van der Waals surface area contributed by atoms with Gasteiger partial charge in [-0.05, 0) is 19.3 Å². The Bertz CT molecular complexity index is 379. The zero-order valence-electron chi connectivity index (χ0n) is 8.76. The topological polar surface area (TPSA) is 101 Å². The van der Waals surface area contributed by atoms with Crippen LogP contribution in [0, 0.1) is 0 Å². The number of nitrogens with zero attached hydrogens (tertiary/aromatic N) is 2.